The first-order valence-corrected chi connectivity index (χ1v) is 6.78. The lowest BCUT2D eigenvalue weighted by Gasteiger charge is -2.25. The molecule has 1 unspecified atom stereocenters. The van der Waals surface area contributed by atoms with E-state index in [1.807, 2.05) is 13.8 Å². The molecule has 1 aliphatic heterocycles. The third-order valence-electron chi connectivity index (χ3n) is 3.42. The van der Waals surface area contributed by atoms with Crippen molar-refractivity contribution in [3.8, 4) is 11.5 Å². The molecular weight excluding hydrogens is 266 g/mol. The molecule has 0 N–H and O–H groups in total. The van der Waals surface area contributed by atoms with E-state index in [0.29, 0.717) is 35.3 Å². The van der Waals surface area contributed by atoms with Crippen molar-refractivity contribution in [3.05, 3.63) is 22.7 Å². The monoisotopic (exact) mass is 283 g/mol. The number of ether oxygens (including phenoxy) is 2. The Morgan fingerprint density at radius 3 is 2.79 bits per heavy atom. The first-order valence-electron chi connectivity index (χ1n) is 6.41. The second-order valence-corrected chi connectivity index (χ2v) is 5.06. The van der Waals surface area contributed by atoms with Gasteiger partial charge in [-0.3, -0.25) is 4.79 Å². The topological polar surface area (TPSA) is 38.8 Å². The lowest BCUT2D eigenvalue weighted by Crippen LogP contribution is -2.34. The molecule has 0 bridgehead atoms. The summed E-state index contributed by atoms with van der Waals surface area (Å²) in [5, 5.41) is 0.415. The lowest BCUT2D eigenvalue weighted by atomic mass is 10.1. The van der Waals surface area contributed by atoms with Gasteiger partial charge in [0.25, 0.3) is 5.91 Å². The van der Waals surface area contributed by atoms with Crippen molar-refractivity contribution >= 4 is 17.5 Å². The Morgan fingerprint density at radius 2 is 2.11 bits per heavy atom. The molecule has 0 spiro atoms. The Hall–Kier alpha value is -1.42. The molecule has 19 heavy (non-hydrogen) atoms. The van der Waals surface area contributed by atoms with Gasteiger partial charge in [-0.05, 0) is 25.5 Å². The number of rotatable bonds is 3. The van der Waals surface area contributed by atoms with Gasteiger partial charge in [0.05, 0.1) is 5.02 Å². The van der Waals surface area contributed by atoms with Crippen molar-refractivity contribution in [1.29, 1.82) is 0 Å². The van der Waals surface area contributed by atoms with Crippen LogP contribution in [0.15, 0.2) is 12.1 Å². The maximum atomic E-state index is 12.4. The number of carbonyl (C=O) groups is 1. The van der Waals surface area contributed by atoms with E-state index >= 15 is 0 Å². The summed E-state index contributed by atoms with van der Waals surface area (Å²) in [6, 6.07) is 3.51. The maximum absolute atomic E-state index is 12.4. The molecule has 1 heterocycles. The van der Waals surface area contributed by atoms with E-state index in [-0.39, 0.29) is 11.9 Å². The fourth-order valence-electron chi connectivity index (χ4n) is 1.91. The Kier molecular flexibility index (Phi) is 4.20. The molecule has 2 rings (SSSR count). The first-order chi connectivity index (χ1) is 9.04. The molecule has 1 aromatic carbocycles. The molecule has 1 amide bonds. The molecule has 1 aromatic rings. The molecule has 104 valence electrons. The Balaban J connectivity index is 2.30. The molecule has 0 saturated heterocycles. The van der Waals surface area contributed by atoms with Crippen LogP contribution in [0, 0.1) is 0 Å². The zero-order valence-electron chi connectivity index (χ0n) is 11.4. The largest absolute Gasteiger partial charge is 0.486 e. The van der Waals surface area contributed by atoms with Crippen LogP contribution in [0.1, 0.15) is 30.6 Å². The number of carbonyl (C=O) groups excluding carboxylic acids is 1. The van der Waals surface area contributed by atoms with Crippen LogP contribution in [0.25, 0.3) is 0 Å². The Bertz CT molecular complexity index is 490. The molecular formula is C14H18ClNO3. The highest BCUT2D eigenvalue weighted by molar-refractivity contribution is 6.32. The van der Waals surface area contributed by atoms with Crippen LogP contribution in [-0.2, 0) is 0 Å². The summed E-state index contributed by atoms with van der Waals surface area (Å²) < 4.78 is 10.9. The van der Waals surface area contributed by atoms with Crippen molar-refractivity contribution in [2.24, 2.45) is 0 Å². The number of halogens is 1. The van der Waals surface area contributed by atoms with Crippen molar-refractivity contribution in [1.82, 2.24) is 4.90 Å². The van der Waals surface area contributed by atoms with Crippen molar-refractivity contribution in [2.45, 2.75) is 26.3 Å². The zero-order valence-corrected chi connectivity index (χ0v) is 12.2. The van der Waals surface area contributed by atoms with Gasteiger partial charge < -0.3 is 14.4 Å². The third kappa shape index (κ3) is 2.78. The van der Waals surface area contributed by atoms with E-state index in [1.165, 1.54) is 0 Å². The molecule has 0 aromatic heterocycles. The van der Waals surface area contributed by atoms with E-state index in [9.17, 15) is 4.79 Å². The van der Waals surface area contributed by atoms with E-state index in [0.717, 1.165) is 6.42 Å². The van der Waals surface area contributed by atoms with Gasteiger partial charge in [-0.2, -0.15) is 0 Å². The minimum atomic E-state index is -0.0618. The second-order valence-electron chi connectivity index (χ2n) is 4.66. The molecule has 1 atom stereocenters. The van der Waals surface area contributed by atoms with Gasteiger partial charge in [0.1, 0.15) is 13.2 Å². The molecule has 0 radical (unpaired) electrons. The Morgan fingerprint density at radius 1 is 1.42 bits per heavy atom. The van der Waals surface area contributed by atoms with Crippen LogP contribution in [0.5, 0.6) is 11.5 Å². The van der Waals surface area contributed by atoms with Gasteiger partial charge in [0.2, 0.25) is 0 Å². The summed E-state index contributed by atoms with van der Waals surface area (Å²) in [5.41, 5.74) is 0.525. The first kappa shape index (κ1) is 14.0. The number of hydrogen-bond acceptors (Lipinski definition) is 3. The minimum Gasteiger partial charge on any atom is -0.486 e. The van der Waals surface area contributed by atoms with Crippen molar-refractivity contribution in [2.75, 3.05) is 20.3 Å². The average molecular weight is 284 g/mol. The normalized spacial score (nSPS) is 14.9. The number of fused-ring (bicyclic) bond motifs is 1. The summed E-state index contributed by atoms with van der Waals surface area (Å²) in [6.07, 6.45) is 0.903. The highest BCUT2D eigenvalue weighted by Crippen LogP contribution is 2.38. The Labute approximate surface area is 118 Å². The predicted molar refractivity (Wildman–Crippen MR) is 74.3 cm³/mol. The zero-order chi connectivity index (χ0) is 14.0. The molecule has 5 heteroatoms. The smallest absolute Gasteiger partial charge is 0.254 e. The minimum absolute atomic E-state index is 0.0618. The molecule has 0 fully saturated rings. The fourth-order valence-corrected chi connectivity index (χ4v) is 2.18. The van der Waals surface area contributed by atoms with E-state index in [4.69, 9.17) is 21.1 Å². The number of amides is 1. The average Bonchev–Trinajstić information content (AvgIpc) is 2.44. The van der Waals surface area contributed by atoms with E-state index < -0.39 is 0 Å². The van der Waals surface area contributed by atoms with Crippen LogP contribution >= 0.6 is 11.6 Å². The van der Waals surface area contributed by atoms with Gasteiger partial charge >= 0.3 is 0 Å². The van der Waals surface area contributed by atoms with E-state index in [1.54, 1.807) is 24.1 Å². The summed E-state index contributed by atoms with van der Waals surface area (Å²) >= 11 is 6.13. The summed E-state index contributed by atoms with van der Waals surface area (Å²) in [6.45, 7) is 5.01. The van der Waals surface area contributed by atoms with Crippen LogP contribution in [0.3, 0.4) is 0 Å². The van der Waals surface area contributed by atoms with Gasteiger partial charge in [0.15, 0.2) is 11.5 Å². The summed E-state index contributed by atoms with van der Waals surface area (Å²) in [4.78, 5) is 14.1. The standard InChI is InChI=1S/C14H18ClNO3/c1-4-9(2)16(3)14(17)10-7-11(15)13-12(8-10)18-5-6-19-13/h7-9H,4-6H2,1-3H3. The number of nitrogens with zero attached hydrogens (tertiary/aromatic N) is 1. The molecule has 1 aliphatic rings. The summed E-state index contributed by atoms with van der Waals surface area (Å²) in [7, 11) is 1.79. The maximum Gasteiger partial charge on any atom is 0.254 e. The van der Waals surface area contributed by atoms with Crippen molar-refractivity contribution in [3.63, 3.8) is 0 Å². The predicted octanol–water partition coefficient (Wildman–Crippen LogP) is 2.98. The quantitative estimate of drug-likeness (QED) is 0.856. The van der Waals surface area contributed by atoms with Gasteiger partial charge in [-0.25, -0.2) is 0 Å². The van der Waals surface area contributed by atoms with Crippen LogP contribution < -0.4 is 9.47 Å². The third-order valence-corrected chi connectivity index (χ3v) is 3.70. The highest BCUT2D eigenvalue weighted by atomic mass is 35.5. The van der Waals surface area contributed by atoms with Crippen LogP contribution in [-0.4, -0.2) is 37.1 Å². The SMILES string of the molecule is CCC(C)N(C)C(=O)c1cc(Cl)c2c(c1)OCCO2. The number of benzene rings is 1. The molecule has 0 aliphatic carbocycles. The second kappa shape index (κ2) is 5.70. The fraction of sp³-hybridized carbons (Fsp3) is 0.500. The molecule has 4 nitrogen and oxygen atoms in total. The van der Waals surface area contributed by atoms with Crippen LogP contribution in [0.4, 0.5) is 0 Å². The van der Waals surface area contributed by atoms with Crippen LogP contribution in [0.2, 0.25) is 5.02 Å². The highest BCUT2D eigenvalue weighted by Gasteiger charge is 2.22. The van der Waals surface area contributed by atoms with Gasteiger partial charge in [0, 0.05) is 18.7 Å². The summed E-state index contributed by atoms with van der Waals surface area (Å²) in [5.74, 6) is 1.00. The molecule has 0 saturated carbocycles. The lowest BCUT2D eigenvalue weighted by molar-refractivity contribution is 0.0739. The van der Waals surface area contributed by atoms with Gasteiger partial charge in [-0.1, -0.05) is 18.5 Å². The van der Waals surface area contributed by atoms with Crippen molar-refractivity contribution < 1.29 is 14.3 Å². The van der Waals surface area contributed by atoms with Gasteiger partial charge in [-0.15, -0.1) is 0 Å². The number of hydrogen-bond donors (Lipinski definition) is 0. The van der Waals surface area contributed by atoms with E-state index in [2.05, 4.69) is 0 Å².